The third-order valence-electron chi connectivity index (χ3n) is 2.80. The van der Waals surface area contributed by atoms with E-state index in [-0.39, 0.29) is 18.1 Å². The van der Waals surface area contributed by atoms with Gasteiger partial charge in [0.15, 0.2) is 0 Å². The molecule has 0 rings (SSSR count). The molecule has 4 nitrogen and oxygen atoms in total. The van der Waals surface area contributed by atoms with Crippen LogP contribution in [0, 0.1) is 11.8 Å². The lowest BCUT2D eigenvalue weighted by Crippen LogP contribution is -2.39. The highest BCUT2D eigenvalue weighted by Gasteiger charge is 2.18. The SMILES string of the molecule is COC(=O)[C@H](CC(C)C)NC/C=C\[C@@H](N)C(C)C. The van der Waals surface area contributed by atoms with Gasteiger partial charge in [-0.25, -0.2) is 0 Å². The molecule has 0 fully saturated rings. The summed E-state index contributed by atoms with van der Waals surface area (Å²) < 4.78 is 4.78. The van der Waals surface area contributed by atoms with Crippen molar-refractivity contribution in [1.82, 2.24) is 5.32 Å². The van der Waals surface area contributed by atoms with Crippen molar-refractivity contribution in [1.29, 1.82) is 0 Å². The normalized spacial score (nSPS) is 15.3. The predicted molar refractivity (Wildman–Crippen MR) is 75.2 cm³/mol. The lowest BCUT2D eigenvalue weighted by atomic mass is 10.0. The summed E-state index contributed by atoms with van der Waals surface area (Å²) in [7, 11) is 1.42. The fourth-order valence-electron chi connectivity index (χ4n) is 1.53. The first kappa shape index (κ1) is 17.1. The fourth-order valence-corrected chi connectivity index (χ4v) is 1.53. The van der Waals surface area contributed by atoms with Crippen LogP contribution in [0.1, 0.15) is 34.1 Å². The summed E-state index contributed by atoms with van der Waals surface area (Å²) in [6.45, 7) is 8.97. The molecule has 0 aromatic heterocycles. The Balaban J connectivity index is 4.15. The van der Waals surface area contributed by atoms with Crippen LogP contribution in [0.5, 0.6) is 0 Å². The molecule has 0 aliphatic heterocycles. The first-order valence-electron chi connectivity index (χ1n) is 6.61. The fraction of sp³-hybridized carbons (Fsp3) is 0.786. The van der Waals surface area contributed by atoms with Crippen molar-refractivity contribution in [3.8, 4) is 0 Å². The van der Waals surface area contributed by atoms with E-state index in [4.69, 9.17) is 10.5 Å². The van der Waals surface area contributed by atoms with Gasteiger partial charge in [0.2, 0.25) is 0 Å². The summed E-state index contributed by atoms with van der Waals surface area (Å²) in [5.74, 6) is 0.669. The quantitative estimate of drug-likeness (QED) is 0.512. The minimum absolute atomic E-state index is 0.0634. The second kappa shape index (κ2) is 9.11. The molecule has 18 heavy (non-hydrogen) atoms. The zero-order valence-corrected chi connectivity index (χ0v) is 12.3. The van der Waals surface area contributed by atoms with Gasteiger partial charge in [0, 0.05) is 12.6 Å². The molecular weight excluding hydrogens is 228 g/mol. The standard InChI is InChI=1S/C14H28N2O2/c1-10(2)9-13(14(17)18-5)16-8-6-7-12(15)11(3)4/h6-7,10-13,16H,8-9,15H2,1-5H3/b7-6-/t12-,13+/m1/s1. The molecular formula is C14H28N2O2. The monoisotopic (exact) mass is 256 g/mol. The van der Waals surface area contributed by atoms with Gasteiger partial charge in [-0.1, -0.05) is 39.8 Å². The van der Waals surface area contributed by atoms with E-state index in [1.54, 1.807) is 0 Å². The molecule has 2 atom stereocenters. The zero-order chi connectivity index (χ0) is 14.1. The second-order valence-electron chi connectivity index (χ2n) is 5.36. The Kier molecular flexibility index (Phi) is 8.67. The molecule has 0 radical (unpaired) electrons. The molecule has 0 bridgehead atoms. The number of carbonyl (C=O) groups excluding carboxylic acids is 1. The summed E-state index contributed by atoms with van der Waals surface area (Å²) in [4.78, 5) is 11.6. The van der Waals surface area contributed by atoms with Crippen molar-refractivity contribution in [2.45, 2.75) is 46.2 Å². The third kappa shape index (κ3) is 7.45. The van der Waals surface area contributed by atoms with Crippen LogP contribution in [0.25, 0.3) is 0 Å². The Morgan fingerprint density at radius 1 is 1.33 bits per heavy atom. The summed E-state index contributed by atoms with van der Waals surface area (Å²) >= 11 is 0. The molecule has 0 heterocycles. The Morgan fingerprint density at radius 2 is 1.94 bits per heavy atom. The van der Waals surface area contributed by atoms with Gasteiger partial charge in [-0.3, -0.25) is 4.79 Å². The number of rotatable bonds is 8. The number of hydrogen-bond donors (Lipinski definition) is 2. The number of hydrogen-bond acceptors (Lipinski definition) is 4. The molecule has 4 heteroatoms. The van der Waals surface area contributed by atoms with Gasteiger partial charge in [0.1, 0.15) is 6.04 Å². The molecule has 0 aromatic rings. The second-order valence-corrected chi connectivity index (χ2v) is 5.36. The van der Waals surface area contributed by atoms with Crippen LogP contribution in [-0.4, -0.2) is 31.7 Å². The zero-order valence-electron chi connectivity index (χ0n) is 12.3. The maximum Gasteiger partial charge on any atom is 0.322 e. The van der Waals surface area contributed by atoms with Gasteiger partial charge < -0.3 is 15.8 Å². The number of carbonyl (C=O) groups is 1. The summed E-state index contributed by atoms with van der Waals surface area (Å²) in [6, 6.07) is -0.177. The van der Waals surface area contributed by atoms with Gasteiger partial charge >= 0.3 is 5.97 Å². The van der Waals surface area contributed by atoms with E-state index in [9.17, 15) is 4.79 Å². The number of ether oxygens (including phenoxy) is 1. The first-order chi connectivity index (χ1) is 8.38. The number of esters is 1. The largest absolute Gasteiger partial charge is 0.468 e. The lowest BCUT2D eigenvalue weighted by molar-refractivity contribution is -0.143. The van der Waals surface area contributed by atoms with Crippen molar-refractivity contribution in [2.24, 2.45) is 17.6 Å². The van der Waals surface area contributed by atoms with Gasteiger partial charge in [0.25, 0.3) is 0 Å². The topological polar surface area (TPSA) is 64.3 Å². The van der Waals surface area contributed by atoms with Crippen molar-refractivity contribution in [3.63, 3.8) is 0 Å². The predicted octanol–water partition coefficient (Wildman–Crippen LogP) is 1.70. The Hall–Kier alpha value is -0.870. The van der Waals surface area contributed by atoms with E-state index < -0.39 is 0 Å². The van der Waals surface area contributed by atoms with Crippen LogP contribution >= 0.6 is 0 Å². The minimum atomic E-state index is -0.241. The van der Waals surface area contributed by atoms with Gasteiger partial charge in [0.05, 0.1) is 7.11 Å². The lowest BCUT2D eigenvalue weighted by Gasteiger charge is -2.17. The van der Waals surface area contributed by atoms with Gasteiger partial charge in [-0.2, -0.15) is 0 Å². The maximum absolute atomic E-state index is 11.6. The molecule has 0 aromatic carbocycles. The van der Waals surface area contributed by atoms with Crippen molar-refractivity contribution >= 4 is 5.97 Å². The average Bonchev–Trinajstić information content (AvgIpc) is 2.30. The van der Waals surface area contributed by atoms with Crippen molar-refractivity contribution in [2.75, 3.05) is 13.7 Å². The van der Waals surface area contributed by atoms with E-state index >= 15 is 0 Å². The highest BCUT2D eigenvalue weighted by molar-refractivity contribution is 5.75. The molecule has 0 aliphatic rings. The van der Waals surface area contributed by atoms with Crippen molar-refractivity contribution < 1.29 is 9.53 Å². The number of nitrogens with one attached hydrogen (secondary N) is 1. The van der Waals surface area contributed by atoms with Crippen LogP contribution in [-0.2, 0) is 9.53 Å². The van der Waals surface area contributed by atoms with Gasteiger partial charge in [-0.15, -0.1) is 0 Å². The van der Waals surface area contributed by atoms with Crippen molar-refractivity contribution in [3.05, 3.63) is 12.2 Å². The van der Waals surface area contributed by atoms with Crippen LogP contribution < -0.4 is 11.1 Å². The Morgan fingerprint density at radius 3 is 2.39 bits per heavy atom. The number of nitrogens with two attached hydrogens (primary N) is 1. The molecule has 3 N–H and O–H groups in total. The molecule has 0 saturated heterocycles. The Bertz CT molecular complexity index is 263. The summed E-state index contributed by atoms with van der Waals surface area (Å²) in [5.41, 5.74) is 5.89. The molecule has 0 spiro atoms. The highest BCUT2D eigenvalue weighted by atomic mass is 16.5. The average molecular weight is 256 g/mol. The first-order valence-corrected chi connectivity index (χ1v) is 6.61. The van der Waals surface area contributed by atoms with E-state index in [0.717, 1.165) is 6.42 Å². The summed E-state index contributed by atoms with van der Waals surface area (Å²) in [5, 5.41) is 3.18. The molecule has 0 unspecified atom stereocenters. The Labute approximate surface area is 111 Å². The highest BCUT2D eigenvalue weighted by Crippen LogP contribution is 2.06. The van der Waals surface area contributed by atoms with E-state index in [0.29, 0.717) is 18.4 Å². The van der Waals surface area contributed by atoms with Crippen LogP contribution in [0.15, 0.2) is 12.2 Å². The van der Waals surface area contributed by atoms with Gasteiger partial charge in [-0.05, 0) is 18.3 Å². The van der Waals surface area contributed by atoms with Crippen LogP contribution in [0.3, 0.4) is 0 Å². The molecule has 0 aliphatic carbocycles. The van der Waals surface area contributed by atoms with E-state index in [1.165, 1.54) is 7.11 Å². The van der Waals surface area contributed by atoms with E-state index in [2.05, 4.69) is 33.0 Å². The van der Waals surface area contributed by atoms with E-state index in [1.807, 2.05) is 12.2 Å². The summed E-state index contributed by atoms with van der Waals surface area (Å²) in [6.07, 6.45) is 4.72. The smallest absolute Gasteiger partial charge is 0.322 e. The molecule has 0 saturated carbocycles. The van der Waals surface area contributed by atoms with Crippen LogP contribution in [0.4, 0.5) is 0 Å². The maximum atomic E-state index is 11.6. The third-order valence-corrected chi connectivity index (χ3v) is 2.80. The minimum Gasteiger partial charge on any atom is -0.468 e. The molecule has 106 valence electrons. The number of methoxy groups -OCH3 is 1. The molecule has 0 amide bonds. The van der Waals surface area contributed by atoms with Crippen LogP contribution in [0.2, 0.25) is 0 Å².